The second-order valence-electron chi connectivity index (χ2n) is 8.77. The fourth-order valence-corrected chi connectivity index (χ4v) is 4.71. The standard InChI is InChI=1S/C23H25FN6O3/c24-15-2-1-3-18(12-15)33-22-27-20(28-29-22)21(32)26-16-4-5-19(25-14-16)30-10-8-23(9-11-30)7-6-17(31)13-23/h1-5,12,14,17,31H,6-11,13H2,(H,26,32)(H,27,28,29). The Bertz CT molecular complexity index is 1130. The van der Waals surface area contributed by atoms with Crippen LogP contribution in [0.1, 0.15) is 42.7 Å². The number of carbonyl (C=O) groups is 1. The summed E-state index contributed by atoms with van der Waals surface area (Å²) >= 11 is 0. The van der Waals surface area contributed by atoms with Gasteiger partial charge in [0.1, 0.15) is 17.4 Å². The number of aliphatic hydroxyl groups is 1. The average molecular weight is 452 g/mol. The van der Waals surface area contributed by atoms with E-state index in [0.717, 1.165) is 51.0 Å². The van der Waals surface area contributed by atoms with Gasteiger partial charge in [-0.15, -0.1) is 5.10 Å². The number of pyridine rings is 1. The van der Waals surface area contributed by atoms with Crippen LogP contribution in [0.3, 0.4) is 0 Å². The van der Waals surface area contributed by atoms with Crippen LogP contribution in [0.25, 0.3) is 0 Å². The molecule has 3 N–H and O–H groups in total. The van der Waals surface area contributed by atoms with Crippen molar-refractivity contribution in [1.29, 1.82) is 0 Å². The summed E-state index contributed by atoms with van der Waals surface area (Å²) in [5.41, 5.74) is 0.818. The first-order valence-electron chi connectivity index (χ1n) is 11.0. The van der Waals surface area contributed by atoms with Crippen molar-refractivity contribution in [2.75, 3.05) is 23.3 Å². The van der Waals surface area contributed by atoms with Crippen molar-refractivity contribution in [3.05, 3.63) is 54.2 Å². The predicted molar refractivity (Wildman–Crippen MR) is 119 cm³/mol. The number of aromatic amines is 1. The summed E-state index contributed by atoms with van der Waals surface area (Å²) < 4.78 is 18.6. The number of piperidine rings is 1. The number of rotatable bonds is 5. The molecule has 1 aliphatic carbocycles. The summed E-state index contributed by atoms with van der Waals surface area (Å²) in [5, 5.41) is 19.0. The van der Waals surface area contributed by atoms with Crippen molar-refractivity contribution in [1.82, 2.24) is 20.2 Å². The van der Waals surface area contributed by atoms with E-state index in [2.05, 4.69) is 30.4 Å². The molecule has 1 aromatic carbocycles. The number of amides is 1. The van der Waals surface area contributed by atoms with E-state index in [4.69, 9.17) is 4.74 Å². The van der Waals surface area contributed by atoms with Crippen molar-refractivity contribution in [3.8, 4) is 11.8 Å². The number of halogens is 1. The molecule has 1 amide bonds. The molecule has 1 saturated carbocycles. The molecule has 5 rings (SSSR count). The third-order valence-electron chi connectivity index (χ3n) is 6.52. The Morgan fingerprint density at radius 3 is 2.79 bits per heavy atom. The molecule has 2 aromatic heterocycles. The summed E-state index contributed by atoms with van der Waals surface area (Å²) in [6, 6.07) is 9.15. The lowest BCUT2D eigenvalue weighted by Gasteiger charge is -2.40. The molecule has 9 nitrogen and oxygen atoms in total. The number of anilines is 2. The number of aromatic nitrogens is 4. The number of carbonyl (C=O) groups excluding carboxylic acids is 1. The summed E-state index contributed by atoms with van der Waals surface area (Å²) in [4.78, 5) is 23.2. The number of ether oxygens (including phenoxy) is 1. The zero-order valence-corrected chi connectivity index (χ0v) is 18.0. The molecular weight excluding hydrogens is 427 g/mol. The van der Waals surface area contributed by atoms with Gasteiger partial charge < -0.3 is 20.1 Å². The Kier molecular flexibility index (Phi) is 5.67. The van der Waals surface area contributed by atoms with Gasteiger partial charge in [-0.05, 0) is 61.8 Å². The maximum atomic E-state index is 13.3. The van der Waals surface area contributed by atoms with Crippen molar-refractivity contribution in [2.24, 2.45) is 5.41 Å². The zero-order chi connectivity index (χ0) is 22.8. The van der Waals surface area contributed by atoms with E-state index in [-0.39, 0.29) is 29.1 Å². The van der Waals surface area contributed by atoms with E-state index >= 15 is 0 Å². The highest BCUT2D eigenvalue weighted by atomic mass is 19.1. The van der Waals surface area contributed by atoms with E-state index in [1.165, 1.54) is 18.2 Å². The van der Waals surface area contributed by atoms with Crippen molar-refractivity contribution < 1.29 is 19.0 Å². The van der Waals surface area contributed by atoms with Crippen LogP contribution in [-0.4, -0.2) is 50.4 Å². The first-order valence-corrected chi connectivity index (χ1v) is 11.0. The van der Waals surface area contributed by atoms with Crippen LogP contribution in [0.2, 0.25) is 0 Å². The van der Waals surface area contributed by atoms with Gasteiger partial charge in [0.15, 0.2) is 0 Å². The molecule has 1 spiro atoms. The van der Waals surface area contributed by atoms with E-state index in [9.17, 15) is 14.3 Å². The SMILES string of the molecule is O=C(Nc1ccc(N2CCC3(CCC(O)C3)CC2)nc1)c1nc(Oc2cccc(F)c2)n[nH]1. The van der Waals surface area contributed by atoms with Gasteiger partial charge in [-0.3, -0.25) is 9.89 Å². The number of hydrogen-bond acceptors (Lipinski definition) is 7. The van der Waals surface area contributed by atoms with Crippen molar-refractivity contribution >= 4 is 17.4 Å². The molecule has 1 saturated heterocycles. The zero-order valence-electron chi connectivity index (χ0n) is 18.0. The van der Waals surface area contributed by atoms with Gasteiger partial charge >= 0.3 is 6.01 Å². The lowest BCUT2D eigenvalue weighted by atomic mass is 9.77. The second-order valence-corrected chi connectivity index (χ2v) is 8.77. The number of aliphatic hydroxyl groups excluding tert-OH is 1. The minimum atomic E-state index is -0.495. The third-order valence-corrected chi connectivity index (χ3v) is 6.52. The van der Waals surface area contributed by atoms with Gasteiger partial charge in [-0.25, -0.2) is 9.37 Å². The number of hydrogen-bond donors (Lipinski definition) is 3. The van der Waals surface area contributed by atoms with Gasteiger partial charge in [-0.2, -0.15) is 4.98 Å². The minimum Gasteiger partial charge on any atom is -0.423 e. The van der Waals surface area contributed by atoms with Crippen LogP contribution >= 0.6 is 0 Å². The van der Waals surface area contributed by atoms with Gasteiger partial charge in [0.2, 0.25) is 5.82 Å². The molecule has 10 heteroatoms. The average Bonchev–Trinajstić information content (AvgIpc) is 3.42. The molecule has 172 valence electrons. The molecular formula is C23H25FN6O3. The van der Waals surface area contributed by atoms with Gasteiger partial charge in [-0.1, -0.05) is 6.07 Å². The van der Waals surface area contributed by atoms with E-state index < -0.39 is 11.7 Å². The summed E-state index contributed by atoms with van der Waals surface area (Å²) in [7, 11) is 0. The monoisotopic (exact) mass is 452 g/mol. The predicted octanol–water partition coefficient (Wildman–Crippen LogP) is 3.51. The molecule has 0 radical (unpaired) electrons. The molecule has 3 heterocycles. The highest BCUT2D eigenvalue weighted by molar-refractivity contribution is 6.01. The van der Waals surface area contributed by atoms with Crippen LogP contribution < -0.4 is 15.0 Å². The number of H-pyrrole nitrogens is 1. The lowest BCUT2D eigenvalue weighted by molar-refractivity contribution is 0.101. The molecule has 1 unspecified atom stereocenters. The minimum absolute atomic E-state index is 0.0365. The molecule has 0 bridgehead atoms. The third kappa shape index (κ3) is 4.80. The van der Waals surface area contributed by atoms with Crippen LogP contribution in [0.5, 0.6) is 11.8 Å². The van der Waals surface area contributed by atoms with E-state index in [1.807, 2.05) is 6.07 Å². The van der Waals surface area contributed by atoms with Crippen LogP contribution in [0, 0.1) is 11.2 Å². The topological polar surface area (TPSA) is 116 Å². The first-order chi connectivity index (χ1) is 16.0. The fourth-order valence-electron chi connectivity index (χ4n) is 4.71. The highest BCUT2D eigenvalue weighted by Gasteiger charge is 2.40. The Hall–Kier alpha value is -3.53. The highest BCUT2D eigenvalue weighted by Crippen LogP contribution is 2.46. The molecule has 1 aliphatic heterocycles. The Morgan fingerprint density at radius 2 is 2.09 bits per heavy atom. The van der Waals surface area contributed by atoms with Crippen LogP contribution in [0.4, 0.5) is 15.9 Å². The Morgan fingerprint density at radius 1 is 1.24 bits per heavy atom. The number of nitrogens with one attached hydrogen (secondary N) is 2. The quantitative estimate of drug-likeness (QED) is 0.542. The molecule has 3 aromatic rings. The molecule has 2 fully saturated rings. The maximum absolute atomic E-state index is 13.3. The lowest BCUT2D eigenvalue weighted by Crippen LogP contribution is -2.39. The Balaban J connectivity index is 1.16. The smallest absolute Gasteiger partial charge is 0.341 e. The number of nitrogens with zero attached hydrogens (tertiary/aromatic N) is 4. The number of benzene rings is 1. The van der Waals surface area contributed by atoms with Gasteiger partial charge in [0, 0.05) is 19.2 Å². The summed E-state index contributed by atoms with van der Waals surface area (Å²) in [5.74, 6) is 0.120. The second kappa shape index (κ2) is 8.78. The normalized spacial score (nSPS) is 19.6. The summed E-state index contributed by atoms with van der Waals surface area (Å²) in [6.07, 6.45) is 6.53. The Labute approximate surface area is 190 Å². The van der Waals surface area contributed by atoms with E-state index in [0.29, 0.717) is 5.69 Å². The first kappa shape index (κ1) is 21.3. The summed E-state index contributed by atoms with van der Waals surface area (Å²) in [6.45, 7) is 1.83. The maximum Gasteiger partial charge on any atom is 0.341 e. The van der Waals surface area contributed by atoms with Crippen molar-refractivity contribution in [2.45, 2.75) is 38.2 Å². The van der Waals surface area contributed by atoms with Crippen molar-refractivity contribution in [3.63, 3.8) is 0 Å². The van der Waals surface area contributed by atoms with Crippen LogP contribution in [-0.2, 0) is 0 Å². The molecule has 2 aliphatic rings. The molecule has 33 heavy (non-hydrogen) atoms. The van der Waals surface area contributed by atoms with Gasteiger partial charge in [0.05, 0.1) is 18.0 Å². The molecule has 1 atom stereocenters. The largest absolute Gasteiger partial charge is 0.423 e. The van der Waals surface area contributed by atoms with Crippen LogP contribution in [0.15, 0.2) is 42.6 Å². The van der Waals surface area contributed by atoms with E-state index in [1.54, 1.807) is 18.3 Å². The fraction of sp³-hybridized carbons (Fsp3) is 0.391. The van der Waals surface area contributed by atoms with Gasteiger partial charge in [0.25, 0.3) is 5.91 Å².